The van der Waals surface area contributed by atoms with Crippen LogP contribution in [-0.4, -0.2) is 41.5 Å². The first kappa shape index (κ1) is 23.2. The Hall–Kier alpha value is -0.870. The lowest BCUT2D eigenvalue weighted by Crippen LogP contribution is -2.37. The van der Waals surface area contributed by atoms with Crippen molar-refractivity contribution < 1.29 is 14.9 Å². The summed E-state index contributed by atoms with van der Waals surface area (Å²) in [4.78, 5) is 4.34. The molecule has 1 heterocycles. The molecule has 0 fully saturated rings. The Labute approximate surface area is 160 Å². The van der Waals surface area contributed by atoms with E-state index in [9.17, 15) is 10.2 Å². The Kier molecular flexibility index (Phi) is 13.6. The van der Waals surface area contributed by atoms with Crippen molar-refractivity contribution in [1.82, 2.24) is 0 Å². The van der Waals surface area contributed by atoms with Gasteiger partial charge in [-0.2, -0.15) is 0 Å². The SMILES string of the molecule is CCCCCCCCCCC/C=C/CCCCC1=NC(CO)(CO)CO1. The van der Waals surface area contributed by atoms with Gasteiger partial charge in [0.15, 0.2) is 5.90 Å². The molecule has 0 aromatic carbocycles. The monoisotopic (exact) mass is 367 g/mol. The summed E-state index contributed by atoms with van der Waals surface area (Å²) in [6.45, 7) is 2.25. The Morgan fingerprint density at radius 2 is 1.38 bits per heavy atom. The summed E-state index contributed by atoms with van der Waals surface area (Å²) in [6.07, 6.45) is 22.4. The lowest BCUT2D eigenvalue weighted by atomic mass is 10.1. The molecule has 0 unspecified atom stereocenters. The number of aliphatic imine (C=N–C) groups is 1. The average Bonchev–Trinajstić information content (AvgIpc) is 3.09. The zero-order valence-corrected chi connectivity index (χ0v) is 16.9. The van der Waals surface area contributed by atoms with Crippen molar-refractivity contribution in [3.63, 3.8) is 0 Å². The van der Waals surface area contributed by atoms with Crippen LogP contribution in [0.3, 0.4) is 0 Å². The topological polar surface area (TPSA) is 62.1 Å². The van der Waals surface area contributed by atoms with Gasteiger partial charge in [0.2, 0.25) is 0 Å². The van der Waals surface area contributed by atoms with E-state index in [0.717, 1.165) is 25.7 Å². The van der Waals surface area contributed by atoms with Gasteiger partial charge in [0, 0.05) is 6.42 Å². The van der Waals surface area contributed by atoms with Crippen molar-refractivity contribution in [1.29, 1.82) is 0 Å². The number of rotatable bonds is 17. The molecule has 0 saturated heterocycles. The van der Waals surface area contributed by atoms with Crippen LogP contribution in [0.5, 0.6) is 0 Å². The van der Waals surface area contributed by atoms with E-state index in [1.54, 1.807) is 0 Å². The quantitative estimate of drug-likeness (QED) is 0.275. The molecule has 0 aromatic rings. The molecule has 0 aliphatic carbocycles. The highest BCUT2D eigenvalue weighted by atomic mass is 16.5. The summed E-state index contributed by atoms with van der Waals surface area (Å²) in [5.41, 5.74) is -0.801. The molecule has 1 aliphatic heterocycles. The molecular weight excluding hydrogens is 326 g/mol. The number of aliphatic hydroxyl groups is 2. The van der Waals surface area contributed by atoms with E-state index < -0.39 is 5.54 Å². The summed E-state index contributed by atoms with van der Waals surface area (Å²) in [7, 11) is 0. The summed E-state index contributed by atoms with van der Waals surface area (Å²) in [5.74, 6) is 0.687. The van der Waals surface area contributed by atoms with Crippen LogP contribution in [-0.2, 0) is 4.74 Å². The molecule has 4 heteroatoms. The lowest BCUT2D eigenvalue weighted by molar-refractivity contribution is 0.0972. The number of aliphatic hydroxyl groups excluding tert-OH is 2. The minimum absolute atomic E-state index is 0.158. The first-order chi connectivity index (χ1) is 12.8. The van der Waals surface area contributed by atoms with Gasteiger partial charge in [-0.1, -0.05) is 70.4 Å². The summed E-state index contributed by atoms with van der Waals surface area (Å²) in [6, 6.07) is 0. The first-order valence-corrected chi connectivity index (χ1v) is 10.8. The predicted octanol–water partition coefficient (Wildman–Crippen LogP) is 5.18. The van der Waals surface area contributed by atoms with Crippen LogP contribution in [0.1, 0.15) is 96.8 Å². The normalized spacial score (nSPS) is 16.2. The fourth-order valence-corrected chi connectivity index (χ4v) is 3.23. The van der Waals surface area contributed by atoms with E-state index in [1.165, 1.54) is 64.2 Å². The first-order valence-electron chi connectivity index (χ1n) is 10.8. The highest BCUT2D eigenvalue weighted by Crippen LogP contribution is 2.20. The third-order valence-corrected chi connectivity index (χ3v) is 5.11. The summed E-state index contributed by atoms with van der Waals surface area (Å²) in [5, 5.41) is 18.6. The maximum absolute atomic E-state index is 9.28. The zero-order valence-electron chi connectivity index (χ0n) is 16.9. The maximum atomic E-state index is 9.28. The Morgan fingerprint density at radius 3 is 1.92 bits per heavy atom. The van der Waals surface area contributed by atoms with Gasteiger partial charge in [0.25, 0.3) is 0 Å². The van der Waals surface area contributed by atoms with E-state index in [2.05, 4.69) is 24.1 Å². The van der Waals surface area contributed by atoms with E-state index in [-0.39, 0.29) is 13.2 Å². The number of allylic oxidation sites excluding steroid dienone is 2. The van der Waals surface area contributed by atoms with Crippen molar-refractivity contribution >= 4 is 5.90 Å². The van der Waals surface area contributed by atoms with Crippen LogP contribution in [0.15, 0.2) is 17.1 Å². The van der Waals surface area contributed by atoms with E-state index in [1.807, 2.05) is 0 Å². The molecule has 4 nitrogen and oxygen atoms in total. The fourth-order valence-electron chi connectivity index (χ4n) is 3.23. The van der Waals surface area contributed by atoms with E-state index in [4.69, 9.17) is 4.74 Å². The van der Waals surface area contributed by atoms with Gasteiger partial charge in [-0.25, -0.2) is 4.99 Å². The van der Waals surface area contributed by atoms with Crippen molar-refractivity contribution in [3.05, 3.63) is 12.2 Å². The van der Waals surface area contributed by atoms with Gasteiger partial charge < -0.3 is 14.9 Å². The van der Waals surface area contributed by atoms with Crippen molar-refractivity contribution in [3.8, 4) is 0 Å². The van der Waals surface area contributed by atoms with Crippen LogP contribution in [0.25, 0.3) is 0 Å². The third kappa shape index (κ3) is 10.3. The second-order valence-corrected chi connectivity index (χ2v) is 7.67. The fraction of sp³-hybridized carbons (Fsp3) is 0.864. The molecule has 26 heavy (non-hydrogen) atoms. The molecule has 0 aromatic heterocycles. The molecule has 0 bridgehead atoms. The number of hydrogen-bond donors (Lipinski definition) is 2. The molecule has 0 atom stereocenters. The van der Waals surface area contributed by atoms with Crippen LogP contribution in [0.2, 0.25) is 0 Å². The molecule has 1 rings (SSSR count). The Morgan fingerprint density at radius 1 is 0.846 bits per heavy atom. The van der Waals surface area contributed by atoms with Gasteiger partial charge in [0.1, 0.15) is 12.1 Å². The van der Waals surface area contributed by atoms with Crippen LogP contribution in [0.4, 0.5) is 0 Å². The number of hydrogen-bond acceptors (Lipinski definition) is 4. The second kappa shape index (κ2) is 15.2. The molecule has 152 valence electrons. The van der Waals surface area contributed by atoms with Gasteiger partial charge in [0.05, 0.1) is 13.2 Å². The lowest BCUT2D eigenvalue weighted by Gasteiger charge is -2.16. The van der Waals surface area contributed by atoms with Gasteiger partial charge in [-0.3, -0.25) is 0 Å². The van der Waals surface area contributed by atoms with Crippen molar-refractivity contribution in [2.75, 3.05) is 19.8 Å². The number of nitrogens with zero attached hydrogens (tertiary/aromatic N) is 1. The zero-order chi connectivity index (χ0) is 18.9. The van der Waals surface area contributed by atoms with Gasteiger partial charge >= 0.3 is 0 Å². The molecule has 0 amide bonds. The van der Waals surface area contributed by atoms with Gasteiger partial charge in [-0.15, -0.1) is 0 Å². The predicted molar refractivity (Wildman–Crippen MR) is 110 cm³/mol. The van der Waals surface area contributed by atoms with E-state index in [0.29, 0.717) is 12.5 Å². The molecule has 2 N–H and O–H groups in total. The number of ether oxygens (including phenoxy) is 1. The largest absolute Gasteiger partial charge is 0.478 e. The van der Waals surface area contributed by atoms with Crippen LogP contribution in [0, 0.1) is 0 Å². The molecule has 1 aliphatic rings. The Balaban J connectivity index is 1.88. The molecular formula is C22H41NO3. The van der Waals surface area contributed by atoms with Crippen molar-refractivity contribution in [2.24, 2.45) is 4.99 Å². The highest BCUT2D eigenvalue weighted by molar-refractivity contribution is 5.78. The minimum atomic E-state index is -0.801. The standard InChI is InChI=1S/C22H41NO3/c1-2-3-4-5-6-7-8-9-10-11-12-13-14-15-16-17-21-23-22(18-24,19-25)20-26-21/h12-13,24-25H,2-11,14-20H2,1H3/b13-12+. The maximum Gasteiger partial charge on any atom is 0.184 e. The van der Waals surface area contributed by atoms with Crippen molar-refractivity contribution in [2.45, 2.75) is 102 Å². The summed E-state index contributed by atoms with van der Waals surface area (Å²) >= 11 is 0. The third-order valence-electron chi connectivity index (χ3n) is 5.11. The Bertz CT molecular complexity index is 389. The molecule has 0 spiro atoms. The van der Waals surface area contributed by atoms with E-state index >= 15 is 0 Å². The average molecular weight is 368 g/mol. The smallest absolute Gasteiger partial charge is 0.184 e. The van der Waals surface area contributed by atoms with Crippen LogP contribution < -0.4 is 0 Å². The number of unbranched alkanes of at least 4 members (excludes halogenated alkanes) is 11. The molecule has 0 radical (unpaired) electrons. The van der Waals surface area contributed by atoms with Gasteiger partial charge in [-0.05, 0) is 32.1 Å². The summed E-state index contributed by atoms with van der Waals surface area (Å²) < 4.78 is 5.48. The highest BCUT2D eigenvalue weighted by Gasteiger charge is 2.35. The second-order valence-electron chi connectivity index (χ2n) is 7.67. The molecule has 0 saturated carbocycles. The van der Waals surface area contributed by atoms with Crippen LogP contribution >= 0.6 is 0 Å². The minimum Gasteiger partial charge on any atom is -0.478 e.